The summed E-state index contributed by atoms with van der Waals surface area (Å²) in [6.45, 7) is 5.77. The molecule has 2 aromatic heterocycles. The third-order valence-electron chi connectivity index (χ3n) is 5.82. The minimum absolute atomic E-state index is 0.125. The molecule has 1 aromatic carbocycles. The summed E-state index contributed by atoms with van der Waals surface area (Å²) in [5, 5.41) is 7.98. The molecule has 0 bridgehead atoms. The van der Waals surface area contributed by atoms with Gasteiger partial charge in [0, 0.05) is 29.2 Å². The molecule has 5 atom stereocenters. The topological polar surface area (TPSA) is 194 Å². The van der Waals surface area contributed by atoms with Gasteiger partial charge in [-0.1, -0.05) is 6.07 Å². The fourth-order valence-electron chi connectivity index (χ4n) is 4.44. The number of aromatic nitrogens is 4. The SMILES string of the molecule is CCNC(=O)[C@H]1O[C@@H](n2cnc3c(NC(=O)Nc4cccc(NS(=O)[O-])c4)ncnc32)[C@@H]2OC(C)(C)O[C@@H]21. The van der Waals surface area contributed by atoms with Crippen molar-refractivity contribution in [1.82, 2.24) is 24.8 Å². The van der Waals surface area contributed by atoms with Crippen LogP contribution in [0.5, 0.6) is 0 Å². The van der Waals surface area contributed by atoms with Gasteiger partial charge in [0.05, 0.1) is 6.33 Å². The van der Waals surface area contributed by atoms with Gasteiger partial charge in [-0.25, -0.2) is 19.7 Å². The molecule has 4 N–H and O–H groups in total. The van der Waals surface area contributed by atoms with E-state index < -0.39 is 47.6 Å². The molecule has 15 nitrogen and oxygen atoms in total. The normalized spacial score (nSPS) is 24.5. The van der Waals surface area contributed by atoms with Gasteiger partial charge in [-0.05, 0) is 39.0 Å². The van der Waals surface area contributed by atoms with Crippen molar-refractivity contribution in [2.75, 3.05) is 21.9 Å². The average molecular weight is 546 g/mol. The Bertz CT molecular complexity index is 1400. The van der Waals surface area contributed by atoms with Crippen molar-refractivity contribution in [2.45, 2.75) is 51.1 Å². The maximum Gasteiger partial charge on any atom is 0.324 e. The van der Waals surface area contributed by atoms with Crippen LogP contribution in [0.1, 0.15) is 27.0 Å². The van der Waals surface area contributed by atoms with Crippen molar-refractivity contribution in [2.24, 2.45) is 0 Å². The first-order valence-electron chi connectivity index (χ1n) is 11.7. The van der Waals surface area contributed by atoms with E-state index in [2.05, 4.69) is 35.6 Å². The number of carbonyl (C=O) groups excluding carboxylic acids is 2. The van der Waals surface area contributed by atoms with Crippen LogP contribution in [-0.2, 0) is 30.3 Å². The van der Waals surface area contributed by atoms with Crippen molar-refractivity contribution in [3.8, 4) is 0 Å². The van der Waals surface area contributed by atoms with Crippen LogP contribution in [0.15, 0.2) is 36.9 Å². The molecule has 2 aliphatic rings. The summed E-state index contributed by atoms with van der Waals surface area (Å²) in [6.07, 6.45) is -0.218. The molecule has 2 saturated heterocycles. The van der Waals surface area contributed by atoms with Crippen LogP contribution in [0.2, 0.25) is 0 Å². The van der Waals surface area contributed by atoms with Gasteiger partial charge in [-0.15, -0.1) is 0 Å². The number of benzene rings is 1. The van der Waals surface area contributed by atoms with Crippen LogP contribution in [-0.4, -0.2) is 70.9 Å². The average Bonchev–Trinajstić information content (AvgIpc) is 3.50. The predicted molar refractivity (Wildman–Crippen MR) is 133 cm³/mol. The molecule has 0 aliphatic carbocycles. The first-order valence-corrected chi connectivity index (χ1v) is 12.7. The van der Waals surface area contributed by atoms with Crippen molar-refractivity contribution < 1.29 is 32.6 Å². The molecule has 16 heteroatoms. The lowest BCUT2D eigenvalue weighted by atomic mass is 10.1. The molecule has 202 valence electrons. The second-order valence-corrected chi connectivity index (χ2v) is 9.62. The highest BCUT2D eigenvalue weighted by atomic mass is 32.2. The molecular formula is C22H25N8O7S-. The zero-order chi connectivity index (χ0) is 27.0. The molecule has 5 rings (SSSR count). The number of fused-ring (bicyclic) bond motifs is 2. The summed E-state index contributed by atoms with van der Waals surface area (Å²) in [4.78, 5) is 38.1. The third-order valence-corrected chi connectivity index (χ3v) is 6.23. The van der Waals surface area contributed by atoms with Crippen LogP contribution < -0.4 is 20.7 Å². The Hall–Kier alpha value is -3.70. The van der Waals surface area contributed by atoms with E-state index in [9.17, 15) is 18.4 Å². The smallest absolute Gasteiger partial charge is 0.324 e. The number of nitrogens with one attached hydrogen (secondary N) is 4. The third kappa shape index (κ3) is 5.16. The Morgan fingerprint density at radius 2 is 1.89 bits per heavy atom. The quantitative estimate of drug-likeness (QED) is 0.314. The van der Waals surface area contributed by atoms with Gasteiger partial charge in [0.25, 0.3) is 5.91 Å². The van der Waals surface area contributed by atoms with Gasteiger partial charge in [-0.2, -0.15) is 0 Å². The standard InChI is InChI=1S/C22H26N8O7S/c1-4-23-19(31)15-14-16(37-22(2,3)36-14)20(35-15)30-10-26-13-17(24-9-25-18(13)30)28-21(32)27-11-6-5-7-12(8-11)29-38(33)34/h5-10,14-16,20,29H,4H2,1-3H3,(H,23,31)(H,33,34)(H2,24,25,27,28,32)/p-1/t14-,15+,16-,20-/m1/s1. The minimum atomic E-state index is -2.50. The van der Waals surface area contributed by atoms with E-state index in [0.717, 1.165) is 0 Å². The van der Waals surface area contributed by atoms with Crippen LogP contribution >= 0.6 is 0 Å². The molecule has 0 radical (unpaired) electrons. The fourth-order valence-corrected chi connectivity index (χ4v) is 4.76. The van der Waals surface area contributed by atoms with E-state index in [-0.39, 0.29) is 22.9 Å². The maximum atomic E-state index is 12.7. The lowest BCUT2D eigenvalue weighted by molar-refractivity contribution is -0.197. The molecule has 4 heterocycles. The van der Waals surface area contributed by atoms with Crippen molar-refractivity contribution >= 4 is 51.6 Å². The number of anilines is 3. The molecule has 3 amide bonds. The molecule has 2 aliphatic heterocycles. The number of rotatable bonds is 7. The molecule has 0 saturated carbocycles. The summed E-state index contributed by atoms with van der Waals surface area (Å²) < 4.78 is 43.7. The summed E-state index contributed by atoms with van der Waals surface area (Å²) in [5.41, 5.74) is 1.24. The summed E-state index contributed by atoms with van der Waals surface area (Å²) in [7, 11) is 0. The van der Waals surface area contributed by atoms with Crippen molar-refractivity contribution in [3.05, 3.63) is 36.9 Å². The Morgan fingerprint density at radius 3 is 2.66 bits per heavy atom. The number of likely N-dealkylation sites (N-methyl/N-ethyl adjacent to an activating group) is 1. The van der Waals surface area contributed by atoms with Crippen LogP contribution in [0.25, 0.3) is 11.2 Å². The van der Waals surface area contributed by atoms with Crippen molar-refractivity contribution in [3.63, 3.8) is 0 Å². The van der Waals surface area contributed by atoms with Crippen LogP contribution in [0.4, 0.5) is 22.0 Å². The van der Waals surface area contributed by atoms with E-state index in [1.165, 1.54) is 24.8 Å². The Morgan fingerprint density at radius 1 is 1.13 bits per heavy atom. The number of amides is 3. The molecule has 2 fully saturated rings. The highest BCUT2D eigenvalue weighted by Gasteiger charge is 2.58. The summed E-state index contributed by atoms with van der Waals surface area (Å²) in [5.74, 6) is -1.11. The second kappa shape index (κ2) is 10.2. The van der Waals surface area contributed by atoms with Crippen molar-refractivity contribution in [1.29, 1.82) is 0 Å². The molecule has 38 heavy (non-hydrogen) atoms. The lowest BCUT2D eigenvalue weighted by Crippen LogP contribution is -2.42. The lowest BCUT2D eigenvalue weighted by Gasteiger charge is -2.24. The number of imidazole rings is 1. The van der Waals surface area contributed by atoms with E-state index in [1.54, 1.807) is 30.5 Å². The Balaban J connectivity index is 1.37. The second-order valence-electron chi connectivity index (χ2n) is 8.95. The first kappa shape index (κ1) is 25.9. The van der Waals surface area contributed by atoms with Gasteiger partial charge < -0.3 is 34.1 Å². The number of hydrogen-bond acceptors (Lipinski definition) is 10. The minimum Gasteiger partial charge on any atom is -0.755 e. The summed E-state index contributed by atoms with van der Waals surface area (Å²) in [6, 6.07) is 5.51. The van der Waals surface area contributed by atoms with Gasteiger partial charge >= 0.3 is 6.03 Å². The number of ether oxygens (including phenoxy) is 3. The molecular weight excluding hydrogens is 520 g/mol. The Kier molecular flexibility index (Phi) is 6.97. The van der Waals surface area contributed by atoms with E-state index in [1.807, 2.05) is 6.92 Å². The fraction of sp³-hybridized carbons (Fsp3) is 0.409. The first-order chi connectivity index (χ1) is 18.1. The Labute approximate surface area is 219 Å². The molecule has 3 aromatic rings. The monoisotopic (exact) mass is 545 g/mol. The summed E-state index contributed by atoms with van der Waals surface area (Å²) >= 11 is -2.50. The van der Waals surface area contributed by atoms with Gasteiger partial charge in [-0.3, -0.25) is 18.9 Å². The van der Waals surface area contributed by atoms with E-state index in [0.29, 0.717) is 17.9 Å². The van der Waals surface area contributed by atoms with Crippen LogP contribution in [0, 0.1) is 0 Å². The number of hydrogen-bond donors (Lipinski definition) is 4. The van der Waals surface area contributed by atoms with E-state index in [4.69, 9.17) is 14.2 Å². The highest BCUT2D eigenvalue weighted by Crippen LogP contribution is 2.44. The van der Waals surface area contributed by atoms with Gasteiger partial charge in [0.1, 0.15) is 18.5 Å². The maximum absolute atomic E-state index is 12.7. The molecule has 1 unspecified atom stereocenters. The van der Waals surface area contributed by atoms with Gasteiger partial charge in [0.2, 0.25) is 0 Å². The zero-order valence-electron chi connectivity index (χ0n) is 20.5. The number of urea groups is 1. The van der Waals surface area contributed by atoms with Crippen LogP contribution in [0.3, 0.4) is 0 Å². The number of nitrogens with zero attached hydrogens (tertiary/aromatic N) is 4. The molecule has 0 spiro atoms. The van der Waals surface area contributed by atoms with E-state index >= 15 is 0 Å². The largest absolute Gasteiger partial charge is 0.755 e. The zero-order valence-corrected chi connectivity index (χ0v) is 21.4. The highest BCUT2D eigenvalue weighted by molar-refractivity contribution is 7.80. The predicted octanol–water partition coefficient (Wildman–Crippen LogP) is 1.23. The number of carbonyl (C=O) groups is 2. The van der Waals surface area contributed by atoms with Gasteiger partial charge in [0.15, 0.2) is 35.1 Å².